The van der Waals surface area contributed by atoms with Gasteiger partial charge in [-0.15, -0.1) is 17.8 Å². The molecule has 4 rings (SSSR count). The number of rotatable bonds is 8. The molecular weight excluding hydrogens is 443 g/mol. The Morgan fingerprint density at radius 2 is 2.16 bits per heavy atom. The molecule has 3 aromatic rings. The molecule has 1 heterocycles. The molecule has 1 radical (unpaired) electrons. The van der Waals surface area contributed by atoms with Gasteiger partial charge in [0.25, 0.3) is 0 Å². The Labute approximate surface area is 198 Å². The van der Waals surface area contributed by atoms with Crippen LogP contribution in [-0.4, -0.2) is 24.7 Å². The van der Waals surface area contributed by atoms with Gasteiger partial charge >= 0.3 is 0 Å². The smallest absolute Gasteiger partial charge is 0.187 e. The molecule has 165 valence electrons. The molecule has 0 bridgehead atoms. The molecule has 1 aliphatic carbocycles. The van der Waals surface area contributed by atoms with Crippen LogP contribution in [-0.2, 0) is 6.42 Å². The fourth-order valence-corrected chi connectivity index (χ4v) is 5.33. The lowest BCUT2D eigenvalue weighted by Crippen LogP contribution is -2.39. The van der Waals surface area contributed by atoms with Gasteiger partial charge in [0, 0.05) is 22.5 Å². The van der Waals surface area contributed by atoms with E-state index in [0.717, 1.165) is 51.0 Å². The first-order valence-electron chi connectivity index (χ1n) is 10.6. The zero-order valence-electron chi connectivity index (χ0n) is 18.4. The van der Waals surface area contributed by atoms with Crippen molar-refractivity contribution >= 4 is 28.1 Å². The topological polar surface area (TPSA) is 25.4 Å². The molecule has 0 unspecified atom stereocenters. The van der Waals surface area contributed by atoms with Crippen LogP contribution in [0.1, 0.15) is 28.8 Å². The highest BCUT2D eigenvalue weighted by atomic mass is 35.5. The zero-order valence-corrected chi connectivity index (χ0v) is 20.0. The average Bonchev–Trinajstić information content (AvgIpc) is 3.54. The van der Waals surface area contributed by atoms with Crippen molar-refractivity contribution in [3.63, 3.8) is 0 Å². The first-order valence-corrected chi connectivity index (χ1v) is 11.8. The van der Waals surface area contributed by atoms with E-state index in [1.165, 1.54) is 0 Å². The van der Waals surface area contributed by atoms with Crippen molar-refractivity contribution in [2.24, 2.45) is 5.92 Å². The number of thiazole rings is 1. The van der Waals surface area contributed by atoms with Crippen LogP contribution in [0.4, 0.5) is 9.52 Å². The molecule has 1 aromatic heterocycles. The standard InChI is InChI=1S/C26H25ClFN2OS/c1-5-11-30(23(19-9-10-19)14-18-7-6-8-20(28)13-18)26-29-25(17(3)32-26)21-12-16(2)24(31-4)15-22(21)27/h1,6-7,12-13,15,19,23H,9-11,14H2,2-4H3/t23-/m0/s1. The normalized spacial score (nSPS) is 14.1. The van der Waals surface area contributed by atoms with Gasteiger partial charge in [0.1, 0.15) is 11.6 Å². The Morgan fingerprint density at radius 1 is 1.38 bits per heavy atom. The van der Waals surface area contributed by atoms with E-state index in [1.807, 2.05) is 25.1 Å². The van der Waals surface area contributed by atoms with E-state index < -0.39 is 0 Å². The number of aryl methyl sites for hydroxylation is 2. The number of methoxy groups -OCH3 is 1. The molecule has 1 saturated carbocycles. The number of anilines is 1. The van der Waals surface area contributed by atoms with Gasteiger partial charge in [0.15, 0.2) is 5.13 Å². The van der Waals surface area contributed by atoms with Crippen LogP contribution in [0.25, 0.3) is 11.3 Å². The number of halogens is 2. The highest BCUT2D eigenvalue weighted by Gasteiger charge is 2.36. The Hall–Kier alpha value is -2.55. The Morgan fingerprint density at radius 3 is 2.81 bits per heavy atom. The van der Waals surface area contributed by atoms with Crippen molar-refractivity contribution < 1.29 is 9.13 Å². The average molecular weight is 468 g/mol. The summed E-state index contributed by atoms with van der Waals surface area (Å²) in [6.45, 7) is 4.49. The molecule has 1 aliphatic rings. The Kier molecular flexibility index (Phi) is 6.74. The summed E-state index contributed by atoms with van der Waals surface area (Å²) in [6, 6.07) is 11.7. The van der Waals surface area contributed by atoms with Gasteiger partial charge in [-0.2, -0.15) is 0 Å². The minimum Gasteiger partial charge on any atom is -0.496 e. The highest BCUT2D eigenvalue weighted by molar-refractivity contribution is 7.16. The lowest BCUT2D eigenvalue weighted by Gasteiger charge is -2.30. The summed E-state index contributed by atoms with van der Waals surface area (Å²) < 4.78 is 19.1. The van der Waals surface area contributed by atoms with E-state index in [0.29, 0.717) is 23.9 Å². The third-order valence-electron chi connectivity index (χ3n) is 5.87. The molecule has 0 N–H and O–H groups in total. The second-order valence-electron chi connectivity index (χ2n) is 8.19. The number of hydrogen-bond donors (Lipinski definition) is 0. The summed E-state index contributed by atoms with van der Waals surface area (Å²) >= 11 is 8.20. The van der Waals surface area contributed by atoms with E-state index in [4.69, 9.17) is 27.7 Å². The summed E-state index contributed by atoms with van der Waals surface area (Å²) in [6.07, 6.45) is 8.77. The SMILES string of the molecule is C#CCN(c1nc(-c2cc(C)c(OC)cc2Cl)c(C)s1)[C@@H](Cc1cc[c]c(F)c1)C1CC1. The van der Waals surface area contributed by atoms with E-state index in [1.54, 1.807) is 30.6 Å². The van der Waals surface area contributed by atoms with Crippen LogP contribution in [0.5, 0.6) is 5.75 Å². The maximum atomic E-state index is 13.7. The van der Waals surface area contributed by atoms with Gasteiger partial charge in [0.2, 0.25) is 0 Å². The monoisotopic (exact) mass is 467 g/mol. The molecule has 32 heavy (non-hydrogen) atoms. The van der Waals surface area contributed by atoms with Gasteiger partial charge in [-0.1, -0.05) is 29.7 Å². The van der Waals surface area contributed by atoms with Gasteiger partial charge in [-0.3, -0.25) is 0 Å². The Bertz CT molecular complexity index is 1170. The van der Waals surface area contributed by atoms with Crippen molar-refractivity contribution in [1.29, 1.82) is 0 Å². The van der Waals surface area contributed by atoms with Gasteiger partial charge < -0.3 is 9.64 Å². The number of hydrogen-bond acceptors (Lipinski definition) is 4. The molecule has 0 aliphatic heterocycles. The number of benzene rings is 2. The van der Waals surface area contributed by atoms with Crippen LogP contribution >= 0.6 is 22.9 Å². The minimum absolute atomic E-state index is 0.166. The number of terminal acetylenes is 1. The first-order chi connectivity index (χ1) is 15.4. The zero-order chi connectivity index (χ0) is 22.8. The summed E-state index contributed by atoms with van der Waals surface area (Å²) in [5, 5.41) is 1.48. The maximum absolute atomic E-state index is 13.7. The third kappa shape index (κ3) is 4.77. The van der Waals surface area contributed by atoms with E-state index in [2.05, 4.69) is 23.8 Å². The molecule has 2 aromatic carbocycles. The first kappa shape index (κ1) is 22.6. The molecule has 6 heteroatoms. The number of ether oxygens (including phenoxy) is 1. The van der Waals surface area contributed by atoms with Crippen molar-refractivity contribution in [1.82, 2.24) is 4.98 Å². The molecule has 0 spiro atoms. The quantitative estimate of drug-likeness (QED) is 0.354. The second kappa shape index (κ2) is 9.52. The highest BCUT2D eigenvalue weighted by Crippen LogP contribution is 2.42. The van der Waals surface area contributed by atoms with Crippen LogP contribution in [0.3, 0.4) is 0 Å². The Balaban J connectivity index is 1.70. The maximum Gasteiger partial charge on any atom is 0.187 e. The summed E-state index contributed by atoms with van der Waals surface area (Å²) in [5.74, 6) is 3.74. The predicted molar refractivity (Wildman–Crippen MR) is 130 cm³/mol. The fourth-order valence-electron chi connectivity index (χ4n) is 4.11. The van der Waals surface area contributed by atoms with E-state index in [-0.39, 0.29) is 11.9 Å². The minimum atomic E-state index is -0.336. The van der Waals surface area contributed by atoms with Crippen molar-refractivity contribution in [3.8, 4) is 29.4 Å². The predicted octanol–water partition coefficient (Wildman–Crippen LogP) is 6.49. The van der Waals surface area contributed by atoms with Crippen LogP contribution in [0.15, 0.2) is 30.3 Å². The molecule has 0 saturated heterocycles. The molecule has 1 atom stereocenters. The van der Waals surface area contributed by atoms with Crippen LogP contribution in [0.2, 0.25) is 5.02 Å². The van der Waals surface area contributed by atoms with Crippen molar-refractivity contribution in [2.75, 3.05) is 18.6 Å². The summed E-state index contributed by atoms with van der Waals surface area (Å²) in [5.41, 5.74) is 3.69. The molecule has 3 nitrogen and oxygen atoms in total. The number of nitrogens with zero attached hydrogens (tertiary/aromatic N) is 2. The van der Waals surface area contributed by atoms with E-state index in [9.17, 15) is 4.39 Å². The summed E-state index contributed by atoms with van der Waals surface area (Å²) in [4.78, 5) is 8.27. The largest absolute Gasteiger partial charge is 0.496 e. The molecular formula is C26H25ClFN2OS. The van der Waals surface area contributed by atoms with Gasteiger partial charge in [-0.25, -0.2) is 9.37 Å². The van der Waals surface area contributed by atoms with Gasteiger partial charge in [0.05, 0.1) is 24.4 Å². The van der Waals surface area contributed by atoms with Crippen molar-refractivity contribution in [2.45, 2.75) is 39.2 Å². The third-order valence-corrected chi connectivity index (χ3v) is 7.19. The van der Waals surface area contributed by atoms with Crippen LogP contribution in [0, 0.1) is 44.0 Å². The lowest BCUT2D eigenvalue weighted by molar-refractivity contribution is 0.412. The number of aromatic nitrogens is 1. The van der Waals surface area contributed by atoms with Crippen molar-refractivity contribution in [3.05, 3.63) is 63.2 Å². The lowest BCUT2D eigenvalue weighted by atomic mass is 10.0. The van der Waals surface area contributed by atoms with E-state index >= 15 is 0 Å². The molecule has 1 fully saturated rings. The summed E-state index contributed by atoms with van der Waals surface area (Å²) in [7, 11) is 1.64. The fraction of sp³-hybridized carbons (Fsp3) is 0.346. The second-order valence-corrected chi connectivity index (χ2v) is 9.78. The molecule has 0 amide bonds. The van der Waals surface area contributed by atoms with Gasteiger partial charge in [-0.05, 0) is 68.4 Å². The van der Waals surface area contributed by atoms with Crippen LogP contribution < -0.4 is 9.64 Å².